The highest BCUT2D eigenvalue weighted by Gasteiger charge is 2.37. The SMILES string of the molecule is CC1(C)c2ccccc2-c2c(-c3nc(-c4cccc5ccccc45)nc(-c4cccc5ccccc45)n3)cccc21. The highest BCUT2D eigenvalue weighted by Crippen LogP contribution is 2.51. The van der Waals surface area contributed by atoms with Crippen molar-refractivity contribution >= 4 is 21.5 Å². The van der Waals surface area contributed by atoms with E-state index in [4.69, 9.17) is 15.0 Å². The quantitative estimate of drug-likeness (QED) is 0.231. The van der Waals surface area contributed by atoms with Crippen LogP contribution in [0.25, 0.3) is 66.8 Å². The molecular weight excluding hydrogens is 498 g/mol. The first-order valence-electron chi connectivity index (χ1n) is 14.1. The molecule has 0 fully saturated rings. The van der Waals surface area contributed by atoms with Gasteiger partial charge >= 0.3 is 0 Å². The lowest BCUT2D eigenvalue weighted by atomic mass is 9.82. The molecule has 3 nitrogen and oxygen atoms in total. The van der Waals surface area contributed by atoms with E-state index >= 15 is 0 Å². The predicted molar refractivity (Wildman–Crippen MR) is 169 cm³/mol. The van der Waals surface area contributed by atoms with Crippen molar-refractivity contribution in [1.29, 1.82) is 0 Å². The molecule has 1 heterocycles. The highest BCUT2D eigenvalue weighted by atomic mass is 15.0. The first-order chi connectivity index (χ1) is 20.1. The molecule has 6 aromatic carbocycles. The Hall–Kier alpha value is -5.15. The molecule has 0 saturated heterocycles. The van der Waals surface area contributed by atoms with Gasteiger partial charge < -0.3 is 0 Å². The second kappa shape index (κ2) is 8.94. The molecular formula is C38H27N3. The van der Waals surface area contributed by atoms with E-state index in [9.17, 15) is 0 Å². The fraction of sp³-hybridized carbons (Fsp3) is 0.0789. The molecule has 0 N–H and O–H groups in total. The Morgan fingerprint density at radius 3 is 1.44 bits per heavy atom. The van der Waals surface area contributed by atoms with E-state index in [0.717, 1.165) is 38.2 Å². The molecule has 0 amide bonds. The van der Waals surface area contributed by atoms with Gasteiger partial charge in [0.25, 0.3) is 0 Å². The van der Waals surface area contributed by atoms with Crippen LogP contribution >= 0.6 is 0 Å². The third kappa shape index (κ3) is 3.63. The summed E-state index contributed by atoms with van der Waals surface area (Å²) in [6.07, 6.45) is 0. The summed E-state index contributed by atoms with van der Waals surface area (Å²) >= 11 is 0. The molecule has 1 aliphatic carbocycles. The molecule has 194 valence electrons. The van der Waals surface area contributed by atoms with Crippen molar-refractivity contribution in [3.8, 4) is 45.3 Å². The van der Waals surface area contributed by atoms with Crippen LogP contribution in [0.4, 0.5) is 0 Å². The van der Waals surface area contributed by atoms with Crippen molar-refractivity contribution in [2.75, 3.05) is 0 Å². The van der Waals surface area contributed by atoms with Crippen molar-refractivity contribution in [1.82, 2.24) is 15.0 Å². The van der Waals surface area contributed by atoms with Crippen molar-refractivity contribution in [3.63, 3.8) is 0 Å². The van der Waals surface area contributed by atoms with Crippen molar-refractivity contribution < 1.29 is 0 Å². The summed E-state index contributed by atoms with van der Waals surface area (Å²) < 4.78 is 0. The van der Waals surface area contributed by atoms with Crippen LogP contribution in [0.1, 0.15) is 25.0 Å². The summed E-state index contributed by atoms with van der Waals surface area (Å²) in [4.78, 5) is 15.6. The van der Waals surface area contributed by atoms with Crippen LogP contribution in [0, 0.1) is 0 Å². The van der Waals surface area contributed by atoms with Gasteiger partial charge in [-0.2, -0.15) is 0 Å². The monoisotopic (exact) mass is 525 g/mol. The summed E-state index contributed by atoms with van der Waals surface area (Å²) in [7, 11) is 0. The Morgan fingerprint density at radius 2 is 0.805 bits per heavy atom. The second-order valence-corrected chi connectivity index (χ2v) is 11.3. The van der Waals surface area contributed by atoms with Crippen LogP contribution in [0.15, 0.2) is 127 Å². The fourth-order valence-corrected chi connectivity index (χ4v) is 6.52. The van der Waals surface area contributed by atoms with E-state index in [1.54, 1.807) is 0 Å². The molecule has 3 heteroatoms. The number of benzene rings is 6. The van der Waals surface area contributed by atoms with Crippen LogP contribution in [0.5, 0.6) is 0 Å². The van der Waals surface area contributed by atoms with E-state index in [1.165, 1.54) is 22.3 Å². The molecule has 0 spiro atoms. The highest BCUT2D eigenvalue weighted by molar-refractivity contribution is 5.98. The normalized spacial score (nSPS) is 13.3. The molecule has 0 saturated carbocycles. The molecule has 41 heavy (non-hydrogen) atoms. The largest absolute Gasteiger partial charge is 0.208 e. The Kier molecular flexibility index (Phi) is 5.17. The molecule has 1 aliphatic rings. The smallest absolute Gasteiger partial charge is 0.164 e. The Labute approximate surface area is 239 Å². The number of aromatic nitrogens is 3. The Morgan fingerprint density at radius 1 is 0.390 bits per heavy atom. The fourth-order valence-electron chi connectivity index (χ4n) is 6.52. The zero-order chi connectivity index (χ0) is 27.6. The van der Waals surface area contributed by atoms with Gasteiger partial charge in [-0.15, -0.1) is 0 Å². The van der Waals surface area contributed by atoms with E-state index in [2.05, 4.69) is 141 Å². The number of hydrogen-bond donors (Lipinski definition) is 0. The lowest BCUT2D eigenvalue weighted by molar-refractivity contribution is 0.660. The van der Waals surface area contributed by atoms with Gasteiger partial charge in [0, 0.05) is 22.1 Å². The zero-order valence-electron chi connectivity index (χ0n) is 23.0. The van der Waals surface area contributed by atoms with Gasteiger partial charge in [0.2, 0.25) is 0 Å². The first-order valence-corrected chi connectivity index (χ1v) is 14.1. The van der Waals surface area contributed by atoms with Crippen LogP contribution in [0.2, 0.25) is 0 Å². The molecule has 0 aliphatic heterocycles. The maximum absolute atomic E-state index is 5.21. The second-order valence-electron chi connectivity index (χ2n) is 11.3. The number of hydrogen-bond acceptors (Lipinski definition) is 3. The van der Waals surface area contributed by atoms with E-state index < -0.39 is 0 Å². The minimum atomic E-state index is -0.105. The van der Waals surface area contributed by atoms with Gasteiger partial charge in [0.15, 0.2) is 17.5 Å². The minimum absolute atomic E-state index is 0.105. The molecule has 0 atom stereocenters. The lowest BCUT2D eigenvalue weighted by Crippen LogP contribution is -2.14. The van der Waals surface area contributed by atoms with Gasteiger partial charge in [-0.1, -0.05) is 141 Å². The molecule has 1 aromatic heterocycles. The predicted octanol–water partition coefficient (Wildman–Crippen LogP) is 9.49. The summed E-state index contributed by atoms with van der Waals surface area (Å²) in [6.45, 7) is 4.61. The van der Waals surface area contributed by atoms with Crippen molar-refractivity contribution in [2.45, 2.75) is 19.3 Å². The standard InChI is InChI=1S/C38H27N3/c1-38(2)32-22-8-7-18-30(32)34-31(21-11-23-33(34)38)37-40-35(28-19-9-14-24-12-3-5-16-26(24)28)39-36(41-37)29-20-10-15-25-13-4-6-17-27(25)29/h3-23H,1-2H3. The van der Waals surface area contributed by atoms with E-state index in [-0.39, 0.29) is 5.41 Å². The van der Waals surface area contributed by atoms with Crippen molar-refractivity contribution in [3.05, 3.63) is 139 Å². The third-order valence-corrected chi connectivity index (χ3v) is 8.54. The van der Waals surface area contributed by atoms with Gasteiger partial charge in [-0.05, 0) is 43.8 Å². The van der Waals surface area contributed by atoms with Crippen molar-refractivity contribution in [2.24, 2.45) is 0 Å². The molecule has 8 rings (SSSR count). The maximum Gasteiger partial charge on any atom is 0.164 e. The molecule has 0 unspecified atom stereocenters. The van der Waals surface area contributed by atoms with Crippen LogP contribution in [0.3, 0.4) is 0 Å². The third-order valence-electron chi connectivity index (χ3n) is 8.54. The number of fused-ring (bicyclic) bond motifs is 5. The zero-order valence-corrected chi connectivity index (χ0v) is 23.0. The summed E-state index contributed by atoms with van der Waals surface area (Å²) in [6, 6.07) is 44.8. The topological polar surface area (TPSA) is 38.7 Å². The van der Waals surface area contributed by atoms with E-state index in [1.807, 2.05) is 0 Å². The van der Waals surface area contributed by atoms with Crippen LogP contribution in [-0.4, -0.2) is 15.0 Å². The summed E-state index contributed by atoms with van der Waals surface area (Å²) in [5.74, 6) is 2.05. The Balaban J connectivity index is 1.45. The molecule has 0 radical (unpaired) electrons. The first kappa shape index (κ1) is 23.7. The maximum atomic E-state index is 5.21. The van der Waals surface area contributed by atoms with Gasteiger partial charge in [-0.25, -0.2) is 15.0 Å². The average molecular weight is 526 g/mol. The average Bonchev–Trinajstić information content (AvgIpc) is 3.27. The van der Waals surface area contributed by atoms with Gasteiger partial charge in [0.05, 0.1) is 0 Å². The number of nitrogens with zero attached hydrogens (tertiary/aromatic N) is 3. The van der Waals surface area contributed by atoms with Gasteiger partial charge in [0.1, 0.15) is 0 Å². The van der Waals surface area contributed by atoms with Crippen LogP contribution in [-0.2, 0) is 5.41 Å². The minimum Gasteiger partial charge on any atom is -0.208 e. The molecule has 7 aromatic rings. The molecule has 0 bridgehead atoms. The van der Waals surface area contributed by atoms with Gasteiger partial charge in [-0.3, -0.25) is 0 Å². The lowest BCUT2D eigenvalue weighted by Gasteiger charge is -2.21. The number of rotatable bonds is 3. The summed E-state index contributed by atoms with van der Waals surface area (Å²) in [5.41, 5.74) is 8.03. The van der Waals surface area contributed by atoms with E-state index in [0.29, 0.717) is 17.5 Å². The van der Waals surface area contributed by atoms with Crippen LogP contribution < -0.4 is 0 Å². The Bertz CT molecular complexity index is 2030. The summed E-state index contributed by atoms with van der Waals surface area (Å²) in [5, 5.41) is 4.58.